The fraction of sp³-hybridized carbons (Fsp3) is 0.833. The van der Waals surface area contributed by atoms with Crippen molar-refractivity contribution in [1.82, 2.24) is 4.31 Å². The van der Waals surface area contributed by atoms with Crippen LogP contribution in [-0.2, 0) is 0 Å². The molecule has 0 atom stereocenters. The first kappa shape index (κ1) is 7.88. The van der Waals surface area contributed by atoms with E-state index in [1.807, 2.05) is 4.31 Å². The highest BCUT2D eigenvalue weighted by Gasteiger charge is 2.13. The lowest BCUT2D eigenvalue weighted by molar-refractivity contribution is 0.220. The Hall–Kier alpha value is -0.220. The lowest BCUT2D eigenvalue weighted by atomic mass is 10.2. The predicted octanol–water partition coefficient (Wildman–Crippen LogP) is 1.80. The van der Waals surface area contributed by atoms with Gasteiger partial charge in [0.25, 0.3) is 0 Å². The molecule has 0 radical (unpaired) electrons. The smallest absolute Gasteiger partial charge is 0.380 e. The molecule has 1 rings (SSSR count). The number of nitrogens with zero attached hydrogens (tertiary/aromatic N) is 1. The van der Waals surface area contributed by atoms with Crippen molar-refractivity contribution in [3.05, 3.63) is 0 Å². The molecule has 0 aromatic carbocycles. The van der Waals surface area contributed by atoms with Crippen molar-refractivity contribution in [2.75, 3.05) is 13.1 Å². The average molecular weight is 161 g/mol. The first-order chi connectivity index (χ1) is 4.79. The molecule has 4 heteroatoms. The Bertz CT molecular complexity index is 123. The van der Waals surface area contributed by atoms with E-state index < -0.39 is 5.30 Å². The zero-order chi connectivity index (χ0) is 7.40. The van der Waals surface area contributed by atoms with Gasteiger partial charge in [-0.25, -0.2) is 9.10 Å². The summed E-state index contributed by atoms with van der Waals surface area (Å²) in [6.45, 7) is 1.86. The van der Waals surface area contributed by atoms with Gasteiger partial charge in [0, 0.05) is 25.0 Å². The molecule has 10 heavy (non-hydrogen) atoms. The van der Waals surface area contributed by atoms with Gasteiger partial charge in [0.2, 0.25) is 0 Å². The zero-order valence-corrected chi connectivity index (χ0v) is 6.56. The van der Waals surface area contributed by atoms with Crippen LogP contribution in [0.5, 0.6) is 0 Å². The number of rotatable bonds is 1. The summed E-state index contributed by atoms with van der Waals surface area (Å²) in [6, 6.07) is 0. The number of piperidine rings is 1. The minimum atomic E-state index is -0.790. The van der Waals surface area contributed by atoms with Gasteiger partial charge in [-0.1, -0.05) is 6.42 Å². The van der Waals surface area contributed by atoms with Crippen LogP contribution in [0.4, 0.5) is 4.79 Å². The Labute approximate surface area is 64.5 Å². The molecule has 1 N–H and O–H groups in total. The molecular weight excluding hydrogens is 150 g/mol. The SMILES string of the molecule is O=C(O)SN1CCCCC1. The van der Waals surface area contributed by atoms with Crippen molar-refractivity contribution < 1.29 is 9.90 Å². The van der Waals surface area contributed by atoms with Crippen molar-refractivity contribution >= 4 is 17.2 Å². The molecule has 1 aliphatic heterocycles. The third kappa shape index (κ3) is 2.58. The van der Waals surface area contributed by atoms with E-state index in [2.05, 4.69) is 0 Å². The average Bonchev–Trinajstić information content (AvgIpc) is 1.88. The van der Waals surface area contributed by atoms with E-state index in [4.69, 9.17) is 5.11 Å². The summed E-state index contributed by atoms with van der Waals surface area (Å²) in [4.78, 5) is 10.2. The Morgan fingerprint density at radius 3 is 2.40 bits per heavy atom. The zero-order valence-electron chi connectivity index (χ0n) is 5.75. The fourth-order valence-corrected chi connectivity index (χ4v) is 1.73. The summed E-state index contributed by atoms with van der Waals surface area (Å²) >= 11 is 0.925. The van der Waals surface area contributed by atoms with E-state index in [0.29, 0.717) is 0 Å². The maximum atomic E-state index is 10.2. The van der Waals surface area contributed by atoms with Gasteiger partial charge in [-0.15, -0.1) is 0 Å². The molecule has 1 fully saturated rings. The van der Waals surface area contributed by atoms with Crippen LogP contribution in [0.3, 0.4) is 0 Å². The number of carbonyl (C=O) groups is 1. The summed E-state index contributed by atoms with van der Waals surface area (Å²) in [7, 11) is 0. The molecule has 1 aliphatic rings. The highest BCUT2D eigenvalue weighted by molar-refractivity contribution is 8.11. The van der Waals surface area contributed by atoms with Gasteiger partial charge in [0.05, 0.1) is 0 Å². The van der Waals surface area contributed by atoms with Gasteiger partial charge in [-0.05, 0) is 12.8 Å². The quantitative estimate of drug-likeness (QED) is 0.595. The molecule has 1 heterocycles. The first-order valence-corrected chi connectivity index (χ1v) is 4.22. The molecular formula is C6H11NO2S. The second-order valence-corrected chi connectivity index (χ2v) is 3.40. The van der Waals surface area contributed by atoms with Crippen molar-refractivity contribution in [1.29, 1.82) is 0 Å². The summed E-state index contributed by atoms with van der Waals surface area (Å²) in [5, 5.41) is 7.60. The van der Waals surface area contributed by atoms with Crippen molar-refractivity contribution in [3.63, 3.8) is 0 Å². The van der Waals surface area contributed by atoms with Gasteiger partial charge < -0.3 is 5.11 Å². The maximum Gasteiger partial charge on any atom is 0.380 e. The van der Waals surface area contributed by atoms with E-state index >= 15 is 0 Å². The van der Waals surface area contributed by atoms with Crippen molar-refractivity contribution in [3.8, 4) is 0 Å². The molecule has 1 saturated heterocycles. The van der Waals surface area contributed by atoms with Crippen LogP contribution in [0.25, 0.3) is 0 Å². The third-order valence-corrected chi connectivity index (χ3v) is 2.30. The largest absolute Gasteiger partial charge is 0.472 e. The molecule has 0 aromatic heterocycles. The highest BCUT2D eigenvalue weighted by atomic mass is 32.2. The van der Waals surface area contributed by atoms with Crippen molar-refractivity contribution in [2.45, 2.75) is 19.3 Å². The standard InChI is InChI=1S/C6H11NO2S/c8-6(9)10-7-4-2-1-3-5-7/h1-5H2,(H,8,9). The molecule has 0 amide bonds. The summed E-state index contributed by atoms with van der Waals surface area (Å²) in [6.07, 6.45) is 3.53. The Balaban J connectivity index is 2.19. The van der Waals surface area contributed by atoms with E-state index in [0.717, 1.165) is 37.9 Å². The summed E-state index contributed by atoms with van der Waals surface area (Å²) in [5.41, 5.74) is 0. The second kappa shape index (κ2) is 3.83. The second-order valence-electron chi connectivity index (χ2n) is 2.35. The number of hydrogen-bond acceptors (Lipinski definition) is 3. The Kier molecular flexibility index (Phi) is 3.02. The molecule has 0 unspecified atom stereocenters. The monoisotopic (exact) mass is 161 g/mol. The lowest BCUT2D eigenvalue weighted by Crippen LogP contribution is -2.24. The Morgan fingerprint density at radius 2 is 1.90 bits per heavy atom. The van der Waals surface area contributed by atoms with Crippen LogP contribution in [0, 0.1) is 0 Å². The van der Waals surface area contributed by atoms with E-state index in [9.17, 15) is 4.79 Å². The van der Waals surface area contributed by atoms with Crippen LogP contribution >= 0.6 is 11.9 Å². The number of hydrogen-bond donors (Lipinski definition) is 1. The van der Waals surface area contributed by atoms with Gasteiger partial charge in [0.15, 0.2) is 0 Å². The summed E-state index contributed by atoms with van der Waals surface area (Å²) < 4.78 is 1.91. The molecule has 0 bridgehead atoms. The van der Waals surface area contributed by atoms with Crippen LogP contribution in [0.2, 0.25) is 0 Å². The van der Waals surface area contributed by atoms with Crippen LogP contribution < -0.4 is 0 Å². The molecule has 3 nitrogen and oxygen atoms in total. The van der Waals surface area contributed by atoms with Crippen LogP contribution in [0.15, 0.2) is 0 Å². The predicted molar refractivity (Wildman–Crippen MR) is 41.0 cm³/mol. The topological polar surface area (TPSA) is 40.5 Å². The lowest BCUT2D eigenvalue weighted by Gasteiger charge is -2.22. The van der Waals surface area contributed by atoms with E-state index in [1.54, 1.807) is 0 Å². The molecule has 0 aromatic rings. The van der Waals surface area contributed by atoms with E-state index in [1.165, 1.54) is 6.42 Å². The molecule has 58 valence electrons. The third-order valence-electron chi connectivity index (χ3n) is 1.52. The van der Waals surface area contributed by atoms with Gasteiger partial charge in [-0.2, -0.15) is 0 Å². The molecule has 0 saturated carbocycles. The molecule has 0 aliphatic carbocycles. The van der Waals surface area contributed by atoms with Crippen LogP contribution in [-0.4, -0.2) is 27.8 Å². The van der Waals surface area contributed by atoms with Crippen LogP contribution in [0.1, 0.15) is 19.3 Å². The minimum Gasteiger partial charge on any atom is -0.472 e. The van der Waals surface area contributed by atoms with Crippen molar-refractivity contribution in [2.24, 2.45) is 0 Å². The molecule has 0 spiro atoms. The van der Waals surface area contributed by atoms with Gasteiger partial charge in [0.1, 0.15) is 0 Å². The van der Waals surface area contributed by atoms with Gasteiger partial charge in [-0.3, -0.25) is 0 Å². The normalized spacial score (nSPS) is 20.8. The first-order valence-electron chi connectivity index (χ1n) is 3.45. The number of carboxylic acid groups (broad SMARTS) is 1. The highest BCUT2D eigenvalue weighted by Crippen LogP contribution is 2.17. The fourth-order valence-electron chi connectivity index (χ4n) is 1.07. The Morgan fingerprint density at radius 1 is 1.30 bits per heavy atom. The minimum absolute atomic E-state index is 0.790. The maximum absolute atomic E-state index is 10.2. The van der Waals surface area contributed by atoms with Gasteiger partial charge >= 0.3 is 5.30 Å². The summed E-state index contributed by atoms with van der Waals surface area (Å²) in [5.74, 6) is 0. The van der Waals surface area contributed by atoms with E-state index in [-0.39, 0.29) is 0 Å².